The molecule has 164 valence electrons. The number of benzene rings is 1. The molecular formula is C21H24N4O5S. The number of nitrogens with zero attached hydrogens (tertiary/aromatic N) is 4. The van der Waals surface area contributed by atoms with Gasteiger partial charge in [0.15, 0.2) is 15.5 Å². The van der Waals surface area contributed by atoms with E-state index in [1.54, 1.807) is 16.6 Å². The number of anilines is 1. The van der Waals surface area contributed by atoms with E-state index in [4.69, 9.17) is 4.74 Å². The molecule has 0 aliphatic carbocycles. The molecule has 2 aromatic rings. The molecule has 2 amide bonds. The average Bonchev–Trinajstić information content (AvgIpc) is 3.28. The zero-order valence-corrected chi connectivity index (χ0v) is 18.0. The summed E-state index contributed by atoms with van der Waals surface area (Å²) in [7, 11) is -1.27. The number of hydrogen-bond acceptors (Lipinski definition) is 6. The van der Waals surface area contributed by atoms with Crippen molar-refractivity contribution >= 4 is 27.3 Å². The lowest BCUT2D eigenvalue weighted by atomic mass is 10.0. The number of para-hydroxylation sites is 2. The molecule has 10 heteroatoms. The standard InChI is InChI=1S/C21H24N4O5S/c1-23-16-4-2-3-5-18(16)30-12-17(20(23)26)25-8-6-15-11-24(22-19(15)21(25)27)10-14-7-9-31(28,29)13-14/h2-5,11,14,17H,6-10,12-13H2,1H3/t14?,17-/m0/s1. The van der Waals surface area contributed by atoms with Gasteiger partial charge < -0.3 is 14.5 Å². The van der Waals surface area contributed by atoms with Crippen LogP contribution in [0.2, 0.25) is 0 Å². The number of carbonyl (C=O) groups is 2. The van der Waals surface area contributed by atoms with Crippen molar-refractivity contribution in [2.75, 3.05) is 36.6 Å². The maximum absolute atomic E-state index is 13.2. The first-order chi connectivity index (χ1) is 14.8. The van der Waals surface area contributed by atoms with E-state index in [9.17, 15) is 18.0 Å². The lowest BCUT2D eigenvalue weighted by Crippen LogP contribution is -2.54. The van der Waals surface area contributed by atoms with Crippen molar-refractivity contribution in [3.05, 3.63) is 41.7 Å². The third-order valence-corrected chi connectivity index (χ3v) is 8.15. The van der Waals surface area contributed by atoms with E-state index in [2.05, 4.69) is 5.10 Å². The van der Waals surface area contributed by atoms with E-state index in [-0.39, 0.29) is 35.8 Å². The number of carbonyl (C=O) groups excluding carboxylic acids is 2. The van der Waals surface area contributed by atoms with Gasteiger partial charge in [0, 0.05) is 31.9 Å². The molecule has 1 unspecified atom stereocenters. The van der Waals surface area contributed by atoms with Gasteiger partial charge in [-0.05, 0) is 30.9 Å². The fourth-order valence-corrected chi connectivity index (χ4v) is 6.49. The van der Waals surface area contributed by atoms with Crippen LogP contribution in [0.1, 0.15) is 22.5 Å². The van der Waals surface area contributed by atoms with Gasteiger partial charge in [0.2, 0.25) is 0 Å². The van der Waals surface area contributed by atoms with Crippen LogP contribution in [0.3, 0.4) is 0 Å². The van der Waals surface area contributed by atoms with E-state index in [0.717, 1.165) is 5.56 Å². The summed E-state index contributed by atoms with van der Waals surface area (Å²) in [5.74, 6) is 0.518. The topological polar surface area (TPSA) is 102 Å². The van der Waals surface area contributed by atoms with Crippen LogP contribution < -0.4 is 9.64 Å². The second-order valence-electron chi connectivity index (χ2n) is 8.43. The van der Waals surface area contributed by atoms with Gasteiger partial charge in [0.1, 0.15) is 18.4 Å². The molecule has 4 heterocycles. The van der Waals surface area contributed by atoms with Crippen LogP contribution in [-0.2, 0) is 27.6 Å². The summed E-state index contributed by atoms with van der Waals surface area (Å²) in [5, 5.41) is 4.46. The van der Waals surface area contributed by atoms with Crippen LogP contribution in [0, 0.1) is 5.92 Å². The fourth-order valence-electron chi connectivity index (χ4n) is 4.64. The highest BCUT2D eigenvalue weighted by molar-refractivity contribution is 7.91. The maximum Gasteiger partial charge on any atom is 0.275 e. The predicted octanol–water partition coefficient (Wildman–Crippen LogP) is 0.740. The van der Waals surface area contributed by atoms with Crippen molar-refractivity contribution in [3.63, 3.8) is 0 Å². The monoisotopic (exact) mass is 444 g/mol. The van der Waals surface area contributed by atoms with E-state index in [1.807, 2.05) is 30.5 Å². The number of ether oxygens (including phenoxy) is 1. The number of aromatic nitrogens is 2. The number of likely N-dealkylation sites (N-methyl/N-ethyl adjacent to an activating group) is 1. The summed E-state index contributed by atoms with van der Waals surface area (Å²) in [6, 6.07) is 6.58. The van der Waals surface area contributed by atoms with Gasteiger partial charge in [-0.3, -0.25) is 14.3 Å². The minimum atomic E-state index is -2.96. The molecule has 1 aromatic heterocycles. The number of fused-ring (bicyclic) bond motifs is 2. The quantitative estimate of drug-likeness (QED) is 0.692. The van der Waals surface area contributed by atoms with Gasteiger partial charge in [-0.25, -0.2) is 8.42 Å². The van der Waals surface area contributed by atoms with Crippen LogP contribution >= 0.6 is 0 Å². The Morgan fingerprint density at radius 1 is 1.23 bits per heavy atom. The number of rotatable bonds is 3. The third-order valence-electron chi connectivity index (χ3n) is 6.31. The molecule has 31 heavy (non-hydrogen) atoms. The van der Waals surface area contributed by atoms with Gasteiger partial charge in [0.25, 0.3) is 11.8 Å². The van der Waals surface area contributed by atoms with E-state index < -0.39 is 15.9 Å². The van der Waals surface area contributed by atoms with Crippen LogP contribution in [0.25, 0.3) is 0 Å². The molecule has 1 fully saturated rings. The minimum Gasteiger partial charge on any atom is -0.489 e. The molecule has 0 saturated carbocycles. The zero-order chi connectivity index (χ0) is 21.8. The summed E-state index contributed by atoms with van der Waals surface area (Å²) in [6.07, 6.45) is 3.04. The SMILES string of the molecule is CN1C(=O)[C@@H](N2CCc3cn(CC4CCS(=O)(=O)C4)nc3C2=O)COc2ccccc21. The zero-order valence-electron chi connectivity index (χ0n) is 17.2. The minimum absolute atomic E-state index is 0.0153. The van der Waals surface area contributed by atoms with Crippen LogP contribution in [0.4, 0.5) is 5.69 Å². The Morgan fingerprint density at radius 3 is 2.81 bits per heavy atom. The largest absolute Gasteiger partial charge is 0.489 e. The number of hydrogen-bond donors (Lipinski definition) is 0. The third kappa shape index (κ3) is 3.58. The summed E-state index contributed by atoms with van der Waals surface area (Å²) in [4.78, 5) is 29.4. The second-order valence-corrected chi connectivity index (χ2v) is 10.7. The van der Waals surface area contributed by atoms with E-state index >= 15 is 0 Å². The van der Waals surface area contributed by atoms with Gasteiger partial charge in [0.05, 0.1) is 17.2 Å². The average molecular weight is 445 g/mol. The van der Waals surface area contributed by atoms with Gasteiger partial charge in [-0.15, -0.1) is 0 Å². The molecule has 0 radical (unpaired) electrons. The molecule has 3 aliphatic rings. The van der Waals surface area contributed by atoms with Crippen molar-refractivity contribution in [1.29, 1.82) is 0 Å². The molecule has 0 bridgehead atoms. The highest BCUT2D eigenvalue weighted by Gasteiger charge is 2.40. The Balaban J connectivity index is 1.35. The first-order valence-electron chi connectivity index (χ1n) is 10.4. The summed E-state index contributed by atoms with van der Waals surface area (Å²) < 4.78 is 31.0. The second kappa shape index (κ2) is 7.37. The fraction of sp³-hybridized carbons (Fsp3) is 0.476. The van der Waals surface area contributed by atoms with Crippen LogP contribution in [0.5, 0.6) is 5.75 Å². The van der Waals surface area contributed by atoms with E-state index in [0.29, 0.717) is 43.1 Å². The Hall–Kier alpha value is -2.88. The first-order valence-corrected chi connectivity index (χ1v) is 12.2. The van der Waals surface area contributed by atoms with Crippen LogP contribution in [0.15, 0.2) is 30.5 Å². The smallest absolute Gasteiger partial charge is 0.275 e. The molecule has 3 aliphatic heterocycles. The molecular weight excluding hydrogens is 420 g/mol. The lowest BCUT2D eigenvalue weighted by molar-refractivity contribution is -0.123. The Kier molecular flexibility index (Phi) is 4.76. The molecule has 5 rings (SSSR count). The maximum atomic E-state index is 13.2. The van der Waals surface area contributed by atoms with Crippen molar-refractivity contribution in [3.8, 4) is 5.75 Å². The highest BCUT2D eigenvalue weighted by Crippen LogP contribution is 2.32. The highest BCUT2D eigenvalue weighted by atomic mass is 32.2. The molecule has 1 saturated heterocycles. The normalized spacial score (nSPS) is 25.1. The van der Waals surface area contributed by atoms with Crippen molar-refractivity contribution in [2.24, 2.45) is 5.92 Å². The molecule has 0 spiro atoms. The molecule has 2 atom stereocenters. The Labute approximate surface area is 180 Å². The summed E-state index contributed by atoms with van der Waals surface area (Å²) >= 11 is 0. The predicted molar refractivity (Wildman–Crippen MR) is 113 cm³/mol. The number of amides is 2. The Morgan fingerprint density at radius 2 is 2.03 bits per heavy atom. The molecule has 9 nitrogen and oxygen atoms in total. The van der Waals surface area contributed by atoms with Crippen molar-refractivity contribution < 1.29 is 22.7 Å². The first kappa shape index (κ1) is 20.0. The van der Waals surface area contributed by atoms with Gasteiger partial charge in [-0.2, -0.15) is 5.10 Å². The van der Waals surface area contributed by atoms with Crippen molar-refractivity contribution in [1.82, 2.24) is 14.7 Å². The van der Waals surface area contributed by atoms with Crippen molar-refractivity contribution in [2.45, 2.75) is 25.4 Å². The molecule has 0 N–H and O–H groups in total. The van der Waals surface area contributed by atoms with E-state index in [1.165, 1.54) is 4.90 Å². The summed E-state index contributed by atoms with van der Waals surface area (Å²) in [6.45, 7) is 0.963. The summed E-state index contributed by atoms with van der Waals surface area (Å²) in [5.41, 5.74) is 1.85. The Bertz CT molecular complexity index is 1160. The van der Waals surface area contributed by atoms with Gasteiger partial charge >= 0.3 is 0 Å². The number of sulfone groups is 1. The van der Waals surface area contributed by atoms with Crippen LogP contribution in [-0.4, -0.2) is 72.7 Å². The van der Waals surface area contributed by atoms with Gasteiger partial charge in [-0.1, -0.05) is 12.1 Å². The molecule has 1 aromatic carbocycles. The lowest BCUT2D eigenvalue weighted by Gasteiger charge is -2.33.